The molecule has 0 bridgehead atoms. The van der Waals surface area contributed by atoms with Gasteiger partial charge in [-0.05, 0) is 25.0 Å². The van der Waals surface area contributed by atoms with Gasteiger partial charge in [0.1, 0.15) is 0 Å². The summed E-state index contributed by atoms with van der Waals surface area (Å²) in [5.41, 5.74) is -1.84. The van der Waals surface area contributed by atoms with Gasteiger partial charge in [0.2, 0.25) is 0 Å². The Morgan fingerprint density at radius 3 is 2.60 bits per heavy atom. The van der Waals surface area contributed by atoms with Gasteiger partial charge < -0.3 is 14.6 Å². The zero-order chi connectivity index (χ0) is 14.2. The summed E-state index contributed by atoms with van der Waals surface area (Å²) in [6, 6.07) is 3.37. The van der Waals surface area contributed by atoms with Crippen molar-refractivity contribution < 1.29 is 18.4 Å². The molecular formula is C14H17FN2O3. The first-order chi connectivity index (χ1) is 9.58. The van der Waals surface area contributed by atoms with E-state index in [1.54, 1.807) is 12.1 Å². The largest absolute Gasteiger partial charge is 0.459 e. The van der Waals surface area contributed by atoms with E-state index in [2.05, 4.69) is 5.32 Å². The smallest absolute Gasteiger partial charge is 0.289 e. The quantitative estimate of drug-likeness (QED) is 0.912. The molecule has 0 radical (unpaired) electrons. The van der Waals surface area contributed by atoms with Gasteiger partial charge in [0.05, 0.1) is 6.26 Å². The fourth-order valence-corrected chi connectivity index (χ4v) is 2.39. The maximum absolute atomic E-state index is 14.6. The summed E-state index contributed by atoms with van der Waals surface area (Å²) in [6.07, 6.45) is 3.38. The predicted molar refractivity (Wildman–Crippen MR) is 68.8 cm³/mol. The fraction of sp³-hybridized carbons (Fsp3) is 0.571. The van der Waals surface area contributed by atoms with Crippen LogP contribution in [-0.4, -0.2) is 41.5 Å². The van der Waals surface area contributed by atoms with Crippen LogP contribution in [0.15, 0.2) is 22.8 Å². The number of piperidine rings is 1. The third-order valence-electron chi connectivity index (χ3n) is 3.89. The summed E-state index contributed by atoms with van der Waals surface area (Å²) < 4.78 is 19.6. The van der Waals surface area contributed by atoms with E-state index < -0.39 is 11.6 Å². The summed E-state index contributed by atoms with van der Waals surface area (Å²) in [6.45, 7) is 0.461. The Morgan fingerprint density at radius 1 is 1.35 bits per heavy atom. The molecule has 0 atom stereocenters. The number of nitrogens with one attached hydrogen (secondary N) is 1. The molecule has 1 aliphatic heterocycles. The number of nitrogens with zero attached hydrogens (tertiary/aromatic N) is 1. The van der Waals surface area contributed by atoms with Crippen molar-refractivity contribution in [2.24, 2.45) is 0 Å². The van der Waals surface area contributed by atoms with Crippen molar-refractivity contribution in [3.63, 3.8) is 0 Å². The van der Waals surface area contributed by atoms with Crippen LogP contribution >= 0.6 is 0 Å². The molecule has 20 heavy (non-hydrogen) atoms. The standard InChI is InChI=1S/C14H17FN2O3/c15-14(13(19)16-10-3-4-10)5-7-17(8-6-14)12(18)11-2-1-9-20-11/h1-2,9-10H,3-8H2,(H,16,19). The fourth-order valence-electron chi connectivity index (χ4n) is 2.39. The van der Waals surface area contributed by atoms with Crippen molar-refractivity contribution >= 4 is 11.8 Å². The van der Waals surface area contributed by atoms with Gasteiger partial charge >= 0.3 is 0 Å². The number of halogens is 1. The number of rotatable bonds is 3. The van der Waals surface area contributed by atoms with Gasteiger partial charge in [-0.25, -0.2) is 4.39 Å². The van der Waals surface area contributed by atoms with Crippen molar-refractivity contribution in [3.8, 4) is 0 Å². The highest BCUT2D eigenvalue weighted by Crippen LogP contribution is 2.29. The first-order valence-electron chi connectivity index (χ1n) is 6.91. The van der Waals surface area contributed by atoms with Crippen molar-refractivity contribution in [3.05, 3.63) is 24.2 Å². The molecule has 2 heterocycles. The lowest BCUT2D eigenvalue weighted by atomic mass is 9.92. The summed E-state index contributed by atoms with van der Waals surface area (Å²) >= 11 is 0. The van der Waals surface area contributed by atoms with E-state index in [9.17, 15) is 14.0 Å². The Kier molecular flexibility index (Phi) is 3.23. The van der Waals surface area contributed by atoms with E-state index in [4.69, 9.17) is 4.42 Å². The van der Waals surface area contributed by atoms with Crippen LogP contribution in [0.5, 0.6) is 0 Å². The zero-order valence-corrected chi connectivity index (χ0v) is 11.1. The molecule has 1 saturated carbocycles. The van der Waals surface area contributed by atoms with Crippen LogP contribution in [0.2, 0.25) is 0 Å². The Bertz CT molecular complexity index is 502. The van der Waals surface area contributed by atoms with Gasteiger partial charge in [0.25, 0.3) is 11.8 Å². The molecule has 6 heteroatoms. The number of likely N-dealkylation sites (tertiary alicyclic amines) is 1. The highest BCUT2D eigenvalue weighted by atomic mass is 19.1. The number of furan rings is 1. The van der Waals surface area contributed by atoms with E-state index in [0.29, 0.717) is 0 Å². The third kappa shape index (κ3) is 2.55. The topological polar surface area (TPSA) is 62.6 Å². The molecule has 108 valence electrons. The minimum absolute atomic E-state index is 0.0397. The summed E-state index contributed by atoms with van der Waals surface area (Å²) in [5, 5.41) is 2.70. The lowest BCUT2D eigenvalue weighted by Crippen LogP contribution is -2.52. The van der Waals surface area contributed by atoms with Gasteiger partial charge in [0.15, 0.2) is 11.4 Å². The second-order valence-electron chi connectivity index (χ2n) is 5.48. The number of alkyl halides is 1. The van der Waals surface area contributed by atoms with E-state index >= 15 is 0 Å². The lowest BCUT2D eigenvalue weighted by molar-refractivity contribution is -0.135. The number of hydrogen-bond donors (Lipinski definition) is 1. The van der Waals surface area contributed by atoms with Crippen molar-refractivity contribution in [2.75, 3.05) is 13.1 Å². The zero-order valence-electron chi connectivity index (χ0n) is 11.1. The van der Waals surface area contributed by atoms with Gasteiger partial charge in [-0.3, -0.25) is 9.59 Å². The van der Waals surface area contributed by atoms with Gasteiger partial charge in [-0.15, -0.1) is 0 Å². The van der Waals surface area contributed by atoms with Crippen LogP contribution in [0.1, 0.15) is 36.2 Å². The number of carbonyl (C=O) groups excluding carboxylic acids is 2. The van der Waals surface area contributed by atoms with E-state index in [1.807, 2.05) is 0 Å². The van der Waals surface area contributed by atoms with Crippen molar-refractivity contribution in [1.82, 2.24) is 10.2 Å². The molecule has 2 fully saturated rings. The highest BCUT2D eigenvalue weighted by molar-refractivity contribution is 5.92. The molecule has 1 aromatic heterocycles. The second-order valence-corrected chi connectivity index (χ2v) is 5.48. The van der Waals surface area contributed by atoms with Crippen molar-refractivity contribution in [2.45, 2.75) is 37.4 Å². The molecule has 1 N–H and O–H groups in total. The number of hydrogen-bond acceptors (Lipinski definition) is 3. The SMILES string of the molecule is O=C(c1ccco1)N1CCC(F)(C(=O)NC2CC2)CC1. The van der Waals surface area contributed by atoms with Crippen LogP contribution in [-0.2, 0) is 4.79 Å². The summed E-state index contributed by atoms with van der Waals surface area (Å²) in [4.78, 5) is 25.4. The molecule has 5 nitrogen and oxygen atoms in total. The Balaban J connectivity index is 1.58. The predicted octanol–water partition coefficient (Wildman–Crippen LogP) is 1.50. The van der Waals surface area contributed by atoms with E-state index in [-0.39, 0.29) is 43.6 Å². The maximum Gasteiger partial charge on any atom is 0.289 e. The molecule has 2 amide bonds. The molecule has 3 rings (SSSR count). The molecule has 0 aromatic carbocycles. The Labute approximate surface area is 116 Å². The molecule has 1 aliphatic carbocycles. The van der Waals surface area contributed by atoms with Crippen LogP contribution in [0.25, 0.3) is 0 Å². The Hall–Kier alpha value is -1.85. The second kappa shape index (κ2) is 4.92. The Morgan fingerprint density at radius 2 is 2.05 bits per heavy atom. The minimum atomic E-state index is -1.84. The lowest BCUT2D eigenvalue weighted by Gasteiger charge is -2.35. The molecule has 1 saturated heterocycles. The van der Waals surface area contributed by atoms with Gasteiger partial charge in [0, 0.05) is 32.0 Å². The van der Waals surface area contributed by atoms with E-state index in [0.717, 1.165) is 12.8 Å². The molecule has 0 spiro atoms. The van der Waals surface area contributed by atoms with Crippen LogP contribution in [0.4, 0.5) is 4.39 Å². The molecule has 2 aliphatic rings. The monoisotopic (exact) mass is 280 g/mol. The average molecular weight is 280 g/mol. The summed E-state index contributed by atoms with van der Waals surface area (Å²) in [5.74, 6) is -0.525. The molecule has 1 aromatic rings. The molecule has 0 unspecified atom stereocenters. The first-order valence-corrected chi connectivity index (χ1v) is 6.91. The minimum Gasteiger partial charge on any atom is -0.459 e. The van der Waals surface area contributed by atoms with Crippen LogP contribution < -0.4 is 5.32 Å². The number of carbonyl (C=O) groups is 2. The average Bonchev–Trinajstić information content (AvgIpc) is 3.09. The first kappa shape index (κ1) is 13.1. The normalized spacial score (nSPS) is 21.6. The number of amides is 2. The van der Waals surface area contributed by atoms with E-state index in [1.165, 1.54) is 11.2 Å². The molecular weight excluding hydrogens is 263 g/mol. The third-order valence-corrected chi connectivity index (χ3v) is 3.89. The van der Waals surface area contributed by atoms with Gasteiger partial charge in [-0.2, -0.15) is 0 Å². The van der Waals surface area contributed by atoms with Crippen LogP contribution in [0, 0.1) is 0 Å². The van der Waals surface area contributed by atoms with Gasteiger partial charge in [-0.1, -0.05) is 0 Å². The van der Waals surface area contributed by atoms with Crippen LogP contribution in [0.3, 0.4) is 0 Å². The van der Waals surface area contributed by atoms with Crippen molar-refractivity contribution in [1.29, 1.82) is 0 Å². The summed E-state index contributed by atoms with van der Waals surface area (Å²) in [7, 11) is 0. The highest BCUT2D eigenvalue weighted by Gasteiger charge is 2.44. The maximum atomic E-state index is 14.6.